The zero-order valence-corrected chi connectivity index (χ0v) is 13.1. The largest absolute Gasteiger partial charge is 0.381 e. The molecule has 1 aliphatic rings. The zero-order chi connectivity index (χ0) is 14.4. The van der Waals surface area contributed by atoms with Crippen LogP contribution in [0.1, 0.15) is 25.7 Å². The van der Waals surface area contributed by atoms with Crippen LogP contribution in [-0.2, 0) is 9.53 Å². The van der Waals surface area contributed by atoms with E-state index in [-0.39, 0.29) is 5.91 Å². The van der Waals surface area contributed by atoms with Gasteiger partial charge in [-0.2, -0.15) is 0 Å². The highest BCUT2D eigenvalue weighted by Gasteiger charge is 2.26. The summed E-state index contributed by atoms with van der Waals surface area (Å²) in [6.07, 6.45) is 4.61. The summed E-state index contributed by atoms with van der Waals surface area (Å²) in [7, 11) is 3.71. The van der Waals surface area contributed by atoms with Crippen LogP contribution < -0.4 is 0 Å². The molecule has 1 aliphatic carbocycles. The van der Waals surface area contributed by atoms with Gasteiger partial charge in [-0.15, -0.1) is 11.8 Å². The number of amides is 1. The summed E-state index contributed by atoms with van der Waals surface area (Å²) in [5, 5.41) is 0. The number of methoxy groups -OCH3 is 1. The Morgan fingerprint density at radius 3 is 2.50 bits per heavy atom. The van der Waals surface area contributed by atoms with Gasteiger partial charge >= 0.3 is 0 Å². The third-order valence-electron chi connectivity index (χ3n) is 4.02. The second kappa shape index (κ2) is 7.70. The predicted octanol–water partition coefficient (Wildman–Crippen LogP) is 3.19. The number of hydrogen-bond donors (Lipinski definition) is 0. The maximum absolute atomic E-state index is 12.2. The van der Waals surface area contributed by atoms with Crippen molar-refractivity contribution in [3.8, 4) is 0 Å². The third kappa shape index (κ3) is 4.25. The first kappa shape index (κ1) is 15.4. The number of carbonyl (C=O) groups is 1. The molecule has 3 nitrogen and oxygen atoms in total. The first-order chi connectivity index (χ1) is 9.70. The van der Waals surface area contributed by atoms with Crippen LogP contribution in [0.5, 0.6) is 0 Å². The Bertz CT molecular complexity index is 416. The number of hydrogen-bond acceptors (Lipinski definition) is 3. The molecule has 0 saturated heterocycles. The fourth-order valence-corrected chi connectivity index (χ4v) is 3.48. The van der Waals surface area contributed by atoms with Gasteiger partial charge in [0.05, 0.1) is 11.9 Å². The van der Waals surface area contributed by atoms with Gasteiger partial charge < -0.3 is 9.64 Å². The first-order valence-corrected chi connectivity index (χ1v) is 8.15. The molecule has 1 aromatic carbocycles. The number of benzene rings is 1. The van der Waals surface area contributed by atoms with E-state index in [2.05, 4.69) is 0 Å². The van der Waals surface area contributed by atoms with Gasteiger partial charge in [0.15, 0.2) is 0 Å². The molecular formula is C16H23NO2S. The molecule has 0 bridgehead atoms. The SMILES string of the molecule is COC1CCC(N(C)C(=O)CSc2ccccc2)CC1. The Balaban J connectivity index is 1.77. The van der Waals surface area contributed by atoms with Crippen LogP contribution in [0.25, 0.3) is 0 Å². The minimum absolute atomic E-state index is 0.222. The van der Waals surface area contributed by atoms with Crippen LogP contribution in [-0.4, -0.2) is 42.9 Å². The van der Waals surface area contributed by atoms with E-state index in [1.54, 1.807) is 18.9 Å². The van der Waals surface area contributed by atoms with E-state index >= 15 is 0 Å². The van der Waals surface area contributed by atoms with Gasteiger partial charge in [0, 0.05) is 25.1 Å². The molecule has 0 N–H and O–H groups in total. The zero-order valence-electron chi connectivity index (χ0n) is 12.2. The standard InChI is InChI=1S/C16H23NO2S/c1-17(13-8-10-14(19-2)11-9-13)16(18)12-20-15-6-4-3-5-7-15/h3-7,13-14H,8-12H2,1-2H3. The molecule has 4 heteroatoms. The van der Waals surface area contributed by atoms with Crippen LogP contribution >= 0.6 is 11.8 Å². The number of carbonyl (C=O) groups excluding carboxylic acids is 1. The van der Waals surface area contributed by atoms with Gasteiger partial charge in [-0.25, -0.2) is 0 Å². The molecule has 0 atom stereocenters. The summed E-state index contributed by atoms with van der Waals surface area (Å²) in [4.78, 5) is 15.3. The summed E-state index contributed by atoms with van der Waals surface area (Å²) < 4.78 is 5.38. The number of rotatable bonds is 5. The first-order valence-electron chi connectivity index (χ1n) is 7.17. The lowest BCUT2D eigenvalue weighted by Gasteiger charge is -2.34. The van der Waals surface area contributed by atoms with Crippen LogP contribution in [0.4, 0.5) is 0 Å². The normalized spacial score (nSPS) is 22.5. The van der Waals surface area contributed by atoms with E-state index in [9.17, 15) is 4.79 Å². The predicted molar refractivity (Wildman–Crippen MR) is 83.0 cm³/mol. The molecule has 0 aromatic heterocycles. The average molecular weight is 293 g/mol. The molecule has 1 amide bonds. The molecule has 0 unspecified atom stereocenters. The highest BCUT2D eigenvalue weighted by molar-refractivity contribution is 8.00. The third-order valence-corrected chi connectivity index (χ3v) is 5.02. The summed E-state index contributed by atoms with van der Waals surface area (Å²) in [6, 6.07) is 10.5. The Kier molecular flexibility index (Phi) is 5.92. The Labute approximate surface area is 125 Å². The maximum atomic E-state index is 12.2. The highest BCUT2D eigenvalue weighted by atomic mass is 32.2. The number of nitrogens with zero attached hydrogens (tertiary/aromatic N) is 1. The molecule has 110 valence electrons. The minimum Gasteiger partial charge on any atom is -0.381 e. The fourth-order valence-electron chi connectivity index (χ4n) is 2.64. The van der Waals surface area contributed by atoms with Crippen molar-refractivity contribution in [1.82, 2.24) is 4.90 Å². The molecule has 2 rings (SSSR count). The van der Waals surface area contributed by atoms with Crippen molar-refractivity contribution >= 4 is 17.7 Å². The quantitative estimate of drug-likeness (QED) is 0.781. The monoisotopic (exact) mass is 293 g/mol. The van der Waals surface area contributed by atoms with Crippen LogP contribution in [0.3, 0.4) is 0 Å². The summed E-state index contributed by atoms with van der Waals surface area (Å²) in [5.41, 5.74) is 0. The van der Waals surface area contributed by atoms with Crippen molar-refractivity contribution < 1.29 is 9.53 Å². The number of ether oxygens (including phenoxy) is 1. The van der Waals surface area contributed by atoms with E-state index in [1.165, 1.54) is 0 Å². The van der Waals surface area contributed by atoms with E-state index in [0.29, 0.717) is 17.9 Å². The lowest BCUT2D eigenvalue weighted by molar-refractivity contribution is -0.130. The summed E-state index contributed by atoms with van der Waals surface area (Å²) in [5.74, 6) is 0.741. The van der Waals surface area contributed by atoms with Crippen molar-refractivity contribution in [1.29, 1.82) is 0 Å². The molecule has 20 heavy (non-hydrogen) atoms. The lowest BCUT2D eigenvalue weighted by Crippen LogP contribution is -2.41. The minimum atomic E-state index is 0.222. The molecule has 1 aromatic rings. The van der Waals surface area contributed by atoms with Crippen molar-refractivity contribution in [2.75, 3.05) is 19.9 Å². The molecule has 1 fully saturated rings. The number of thioether (sulfide) groups is 1. The second-order valence-electron chi connectivity index (χ2n) is 5.27. The fraction of sp³-hybridized carbons (Fsp3) is 0.562. The van der Waals surface area contributed by atoms with E-state index in [0.717, 1.165) is 30.6 Å². The van der Waals surface area contributed by atoms with Gasteiger partial charge in [0.25, 0.3) is 0 Å². The molecular weight excluding hydrogens is 270 g/mol. The maximum Gasteiger partial charge on any atom is 0.232 e. The van der Waals surface area contributed by atoms with E-state index in [1.807, 2.05) is 42.3 Å². The lowest BCUT2D eigenvalue weighted by atomic mass is 9.92. The van der Waals surface area contributed by atoms with Gasteiger partial charge in [0.2, 0.25) is 5.91 Å². The van der Waals surface area contributed by atoms with Crippen molar-refractivity contribution in [3.05, 3.63) is 30.3 Å². The smallest absolute Gasteiger partial charge is 0.232 e. The van der Waals surface area contributed by atoms with Crippen molar-refractivity contribution in [2.45, 2.75) is 42.7 Å². The van der Waals surface area contributed by atoms with Crippen molar-refractivity contribution in [3.63, 3.8) is 0 Å². The van der Waals surface area contributed by atoms with Gasteiger partial charge in [0.1, 0.15) is 0 Å². The Hall–Kier alpha value is -1.00. The molecule has 0 spiro atoms. The van der Waals surface area contributed by atoms with E-state index < -0.39 is 0 Å². The van der Waals surface area contributed by atoms with Crippen LogP contribution in [0.15, 0.2) is 35.2 Å². The summed E-state index contributed by atoms with van der Waals surface area (Å²) >= 11 is 1.61. The Morgan fingerprint density at radius 2 is 1.90 bits per heavy atom. The molecule has 1 saturated carbocycles. The van der Waals surface area contributed by atoms with Crippen LogP contribution in [0.2, 0.25) is 0 Å². The average Bonchev–Trinajstić information content (AvgIpc) is 2.53. The Morgan fingerprint density at radius 1 is 1.25 bits per heavy atom. The van der Waals surface area contributed by atoms with Crippen molar-refractivity contribution in [2.24, 2.45) is 0 Å². The molecule has 0 radical (unpaired) electrons. The van der Waals surface area contributed by atoms with Gasteiger partial charge in [-0.1, -0.05) is 18.2 Å². The molecule has 0 aliphatic heterocycles. The highest BCUT2D eigenvalue weighted by Crippen LogP contribution is 2.25. The summed E-state index contributed by atoms with van der Waals surface area (Å²) in [6.45, 7) is 0. The van der Waals surface area contributed by atoms with Crippen LogP contribution in [0, 0.1) is 0 Å². The topological polar surface area (TPSA) is 29.5 Å². The molecule has 0 heterocycles. The van der Waals surface area contributed by atoms with Gasteiger partial charge in [-0.05, 0) is 37.8 Å². The second-order valence-corrected chi connectivity index (χ2v) is 6.32. The van der Waals surface area contributed by atoms with Gasteiger partial charge in [-0.3, -0.25) is 4.79 Å². The van der Waals surface area contributed by atoms with E-state index in [4.69, 9.17) is 4.74 Å².